The summed E-state index contributed by atoms with van der Waals surface area (Å²) in [6.07, 6.45) is 2.95. The number of thiocarbonyl (C=S) groups is 1. The number of hydrogen-bond acceptors (Lipinski definition) is 7. The normalized spacial score (nSPS) is 27.2. The highest BCUT2D eigenvalue weighted by atomic mass is 32.2. The first-order valence-corrected chi connectivity index (χ1v) is 13.6. The van der Waals surface area contributed by atoms with Gasteiger partial charge in [0.25, 0.3) is 0 Å². The van der Waals surface area contributed by atoms with Crippen LogP contribution in [0.25, 0.3) is 0 Å². The summed E-state index contributed by atoms with van der Waals surface area (Å²) in [5.41, 5.74) is 2.74. The van der Waals surface area contributed by atoms with E-state index in [0.29, 0.717) is 42.8 Å². The van der Waals surface area contributed by atoms with Crippen LogP contribution in [0.1, 0.15) is 37.8 Å². The van der Waals surface area contributed by atoms with Gasteiger partial charge in [-0.15, -0.1) is 11.8 Å². The molecule has 0 aromatic heterocycles. The first-order chi connectivity index (χ1) is 16.0. The Morgan fingerprint density at radius 2 is 1.94 bits per heavy atom. The molecule has 0 radical (unpaired) electrons. The van der Waals surface area contributed by atoms with E-state index in [-0.39, 0.29) is 17.7 Å². The van der Waals surface area contributed by atoms with Crippen LogP contribution in [0.5, 0.6) is 0 Å². The van der Waals surface area contributed by atoms with Crippen LogP contribution in [0.2, 0.25) is 0 Å². The van der Waals surface area contributed by atoms with Crippen molar-refractivity contribution in [1.82, 2.24) is 10.2 Å². The second-order valence-electron chi connectivity index (χ2n) is 9.00. The van der Waals surface area contributed by atoms with Gasteiger partial charge in [0.05, 0.1) is 17.8 Å². The van der Waals surface area contributed by atoms with Crippen molar-refractivity contribution in [3.05, 3.63) is 35.4 Å². The third-order valence-corrected chi connectivity index (χ3v) is 8.34. The van der Waals surface area contributed by atoms with Gasteiger partial charge in [0.15, 0.2) is 6.29 Å². The summed E-state index contributed by atoms with van der Waals surface area (Å²) in [4.78, 5) is 29.5. The number of fused-ring (bicyclic) bond motifs is 1. The maximum absolute atomic E-state index is 13.6. The summed E-state index contributed by atoms with van der Waals surface area (Å²) in [5.74, 6) is 1.14. The predicted octanol–water partition coefficient (Wildman–Crippen LogP) is 3.01. The Hall–Kier alpha value is -1.32. The average molecular weight is 491 g/mol. The van der Waals surface area contributed by atoms with Crippen LogP contribution >= 0.6 is 24.0 Å². The molecule has 0 bridgehead atoms. The van der Waals surface area contributed by atoms with Gasteiger partial charge in [0.1, 0.15) is 11.8 Å². The van der Waals surface area contributed by atoms with Crippen molar-refractivity contribution in [1.29, 1.82) is 0 Å². The van der Waals surface area contributed by atoms with Gasteiger partial charge in [-0.05, 0) is 50.2 Å². The van der Waals surface area contributed by atoms with E-state index in [1.165, 1.54) is 11.1 Å². The van der Waals surface area contributed by atoms with Gasteiger partial charge in [-0.2, -0.15) is 0 Å². The lowest BCUT2D eigenvalue weighted by atomic mass is 9.79. The standard InChI is InChI=1S/C25H34N2O4S2/c1-3-30-25(31-4-2)19-14-33-15-27(19)24(29)23-22(21(32)13-26-23)20(28)12-16-9-10-17-7-5-6-8-18(17)11-16/h5-8,16,19,22-23,25-26H,3-4,9-15H2,1-2H3/t16-,19-,22?,23-/m0/s1. The van der Waals surface area contributed by atoms with E-state index in [2.05, 4.69) is 29.6 Å². The number of carbonyl (C=O) groups excluding carboxylic acids is 2. The molecule has 2 heterocycles. The molecule has 6 nitrogen and oxygen atoms in total. The quantitative estimate of drug-likeness (QED) is 0.422. The summed E-state index contributed by atoms with van der Waals surface area (Å²) in [7, 11) is 0. The minimum atomic E-state index is -0.592. The average Bonchev–Trinajstić information content (AvgIpc) is 3.45. The SMILES string of the molecule is CCOC(OCC)[C@@H]1CSCN1C(=O)[C@H]1NCC(=S)C1C(=O)C[C@H]1CCc2ccccc2C1. The van der Waals surface area contributed by atoms with E-state index in [1.807, 2.05) is 18.7 Å². The number of benzene rings is 1. The lowest BCUT2D eigenvalue weighted by molar-refractivity contribution is -0.174. The number of Topliss-reactive ketones (excluding diaryl/α,β-unsaturated/α-hetero) is 1. The maximum Gasteiger partial charge on any atom is 0.241 e. The van der Waals surface area contributed by atoms with E-state index < -0.39 is 18.2 Å². The molecule has 0 spiro atoms. The van der Waals surface area contributed by atoms with Crippen molar-refractivity contribution in [2.75, 3.05) is 31.4 Å². The largest absolute Gasteiger partial charge is 0.351 e. The number of nitrogens with one attached hydrogen (secondary N) is 1. The molecule has 1 N–H and O–H groups in total. The number of rotatable bonds is 9. The third kappa shape index (κ3) is 5.51. The fourth-order valence-electron chi connectivity index (χ4n) is 5.27. The number of nitrogens with zero attached hydrogens (tertiary/aromatic N) is 1. The van der Waals surface area contributed by atoms with Gasteiger partial charge in [-0.1, -0.05) is 36.5 Å². The van der Waals surface area contributed by atoms with E-state index in [0.717, 1.165) is 25.0 Å². The molecule has 8 heteroatoms. The number of amides is 1. The van der Waals surface area contributed by atoms with Crippen molar-refractivity contribution in [3.63, 3.8) is 0 Å². The summed E-state index contributed by atoms with van der Waals surface area (Å²) >= 11 is 7.26. The lowest BCUT2D eigenvalue weighted by Crippen LogP contribution is -2.54. The molecule has 2 aliphatic heterocycles. The van der Waals surface area contributed by atoms with E-state index in [9.17, 15) is 9.59 Å². The molecule has 2 saturated heterocycles. The van der Waals surface area contributed by atoms with Gasteiger partial charge in [0.2, 0.25) is 5.91 Å². The molecule has 180 valence electrons. The van der Waals surface area contributed by atoms with Crippen LogP contribution < -0.4 is 5.32 Å². The highest BCUT2D eigenvalue weighted by Crippen LogP contribution is 2.32. The van der Waals surface area contributed by atoms with Crippen LogP contribution in [-0.2, 0) is 31.9 Å². The Morgan fingerprint density at radius 1 is 1.21 bits per heavy atom. The van der Waals surface area contributed by atoms with Crippen molar-refractivity contribution < 1.29 is 19.1 Å². The molecule has 1 aliphatic carbocycles. The molecule has 3 aliphatic rings. The van der Waals surface area contributed by atoms with Crippen LogP contribution in [0, 0.1) is 11.8 Å². The number of thioether (sulfide) groups is 1. The van der Waals surface area contributed by atoms with Gasteiger partial charge in [-0.25, -0.2) is 0 Å². The smallest absolute Gasteiger partial charge is 0.241 e. The molecule has 4 rings (SSSR count). The number of aryl methyl sites for hydroxylation is 1. The highest BCUT2D eigenvalue weighted by Gasteiger charge is 2.46. The Kier molecular flexibility index (Phi) is 8.57. The predicted molar refractivity (Wildman–Crippen MR) is 134 cm³/mol. The van der Waals surface area contributed by atoms with Gasteiger partial charge in [-0.3, -0.25) is 9.59 Å². The second kappa shape index (κ2) is 11.4. The number of ketones is 1. The van der Waals surface area contributed by atoms with Crippen LogP contribution in [0.15, 0.2) is 24.3 Å². The minimum Gasteiger partial charge on any atom is -0.351 e. The molecule has 0 saturated carbocycles. The Labute approximate surface area is 206 Å². The fraction of sp³-hybridized carbons (Fsp3) is 0.640. The van der Waals surface area contributed by atoms with Crippen molar-refractivity contribution in [2.24, 2.45) is 11.8 Å². The number of carbonyl (C=O) groups is 2. The Bertz CT molecular complexity index is 874. The zero-order valence-electron chi connectivity index (χ0n) is 19.5. The number of ether oxygens (including phenoxy) is 2. The monoisotopic (exact) mass is 490 g/mol. The van der Waals surface area contributed by atoms with Crippen LogP contribution in [-0.4, -0.2) is 71.2 Å². The second-order valence-corrected chi connectivity index (χ2v) is 10.5. The first-order valence-electron chi connectivity index (χ1n) is 12.0. The summed E-state index contributed by atoms with van der Waals surface area (Å²) < 4.78 is 11.6. The van der Waals surface area contributed by atoms with Crippen LogP contribution in [0.3, 0.4) is 0 Å². The van der Waals surface area contributed by atoms with E-state index >= 15 is 0 Å². The van der Waals surface area contributed by atoms with Crippen molar-refractivity contribution in [3.8, 4) is 0 Å². The lowest BCUT2D eigenvalue weighted by Gasteiger charge is -2.33. The summed E-state index contributed by atoms with van der Waals surface area (Å²) in [6.45, 7) is 5.32. The van der Waals surface area contributed by atoms with Gasteiger partial charge >= 0.3 is 0 Å². The molecule has 2 fully saturated rings. The van der Waals surface area contributed by atoms with E-state index in [4.69, 9.17) is 21.7 Å². The molecule has 33 heavy (non-hydrogen) atoms. The first kappa shape index (κ1) is 24.8. The summed E-state index contributed by atoms with van der Waals surface area (Å²) in [5, 5.41) is 3.25. The maximum atomic E-state index is 13.6. The highest BCUT2D eigenvalue weighted by molar-refractivity contribution is 7.99. The minimum absolute atomic E-state index is 0.0680. The van der Waals surface area contributed by atoms with Crippen molar-refractivity contribution >= 4 is 40.5 Å². The van der Waals surface area contributed by atoms with E-state index in [1.54, 1.807) is 11.8 Å². The van der Waals surface area contributed by atoms with Gasteiger partial charge in [0, 0.05) is 36.8 Å². The molecular formula is C25H34N2O4S2. The summed E-state index contributed by atoms with van der Waals surface area (Å²) in [6, 6.07) is 7.73. The molecule has 1 aromatic carbocycles. The Balaban J connectivity index is 1.43. The third-order valence-electron chi connectivity index (χ3n) is 6.91. The molecule has 4 atom stereocenters. The topological polar surface area (TPSA) is 67.9 Å². The molecular weight excluding hydrogens is 456 g/mol. The zero-order chi connectivity index (χ0) is 23.4. The molecule has 1 amide bonds. The fourth-order valence-corrected chi connectivity index (χ4v) is 6.82. The zero-order valence-corrected chi connectivity index (χ0v) is 21.1. The van der Waals surface area contributed by atoms with Crippen molar-refractivity contribution in [2.45, 2.75) is 57.9 Å². The Morgan fingerprint density at radius 3 is 2.67 bits per heavy atom. The number of hydrogen-bond donors (Lipinski definition) is 1. The van der Waals surface area contributed by atoms with Crippen LogP contribution in [0.4, 0.5) is 0 Å². The van der Waals surface area contributed by atoms with Gasteiger partial charge < -0.3 is 19.7 Å². The molecule has 1 unspecified atom stereocenters. The molecule has 1 aromatic rings.